The predicted molar refractivity (Wildman–Crippen MR) is 65.3 cm³/mol. The first-order valence-electron chi connectivity index (χ1n) is 5.44. The molecule has 0 aromatic carbocycles. The van der Waals surface area contributed by atoms with Gasteiger partial charge in [-0.2, -0.15) is 0 Å². The number of thiazole rings is 1. The third kappa shape index (κ3) is 2.44. The monoisotopic (exact) mass is 260 g/mol. The largest absolute Gasteiger partial charge is 0.315 e. The van der Waals surface area contributed by atoms with Gasteiger partial charge in [-0.25, -0.2) is 13.4 Å². The number of hydrogen-bond donors (Lipinski definition) is 1. The van der Waals surface area contributed by atoms with Crippen LogP contribution in [0.4, 0.5) is 0 Å². The van der Waals surface area contributed by atoms with Crippen LogP contribution in [0.3, 0.4) is 0 Å². The lowest BCUT2D eigenvalue weighted by Crippen LogP contribution is -2.21. The van der Waals surface area contributed by atoms with E-state index in [9.17, 15) is 8.42 Å². The Morgan fingerprint density at radius 1 is 1.56 bits per heavy atom. The van der Waals surface area contributed by atoms with Gasteiger partial charge in [0, 0.05) is 17.6 Å². The third-order valence-corrected chi connectivity index (χ3v) is 6.22. The van der Waals surface area contributed by atoms with Crippen molar-refractivity contribution in [1.82, 2.24) is 10.3 Å². The molecule has 0 spiro atoms. The molecule has 4 nitrogen and oxygen atoms in total. The molecule has 1 aromatic heterocycles. The van der Waals surface area contributed by atoms with Crippen LogP contribution in [-0.4, -0.2) is 26.2 Å². The van der Waals surface area contributed by atoms with E-state index in [4.69, 9.17) is 0 Å². The van der Waals surface area contributed by atoms with Gasteiger partial charge in [-0.15, -0.1) is 11.3 Å². The number of hydrogen-bond acceptors (Lipinski definition) is 5. The average Bonchev–Trinajstić information content (AvgIpc) is 2.66. The Balaban J connectivity index is 2.22. The molecule has 1 atom stereocenters. The van der Waals surface area contributed by atoms with Crippen LogP contribution < -0.4 is 5.32 Å². The van der Waals surface area contributed by atoms with Gasteiger partial charge in [-0.1, -0.05) is 6.42 Å². The van der Waals surface area contributed by atoms with Crippen molar-refractivity contribution in [3.63, 3.8) is 0 Å². The molecule has 16 heavy (non-hydrogen) atoms. The van der Waals surface area contributed by atoms with Crippen molar-refractivity contribution in [1.29, 1.82) is 0 Å². The van der Waals surface area contributed by atoms with Gasteiger partial charge >= 0.3 is 0 Å². The molecule has 0 aliphatic carbocycles. The lowest BCUT2D eigenvalue weighted by molar-refractivity contribution is 0.545. The molecule has 1 fully saturated rings. The molecule has 0 saturated carbocycles. The lowest BCUT2D eigenvalue weighted by Gasteiger charge is -2.19. The van der Waals surface area contributed by atoms with Gasteiger partial charge in [0.1, 0.15) is 10.3 Å². The fourth-order valence-corrected chi connectivity index (χ4v) is 5.27. The number of nitrogens with one attached hydrogen (secondary N) is 1. The van der Waals surface area contributed by atoms with E-state index in [0.717, 1.165) is 35.7 Å². The SMILES string of the molecule is CNCc1cnc(C2CCCCS2(=O)=O)s1. The topological polar surface area (TPSA) is 59.1 Å². The molecule has 1 unspecified atom stereocenters. The van der Waals surface area contributed by atoms with E-state index >= 15 is 0 Å². The molecule has 1 saturated heterocycles. The summed E-state index contributed by atoms with van der Waals surface area (Å²) in [7, 11) is -1.08. The highest BCUT2D eigenvalue weighted by Gasteiger charge is 2.32. The number of rotatable bonds is 3. The van der Waals surface area contributed by atoms with Gasteiger partial charge in [0.05, 0.1) is 5.75 Å². The minimum absolute atomic E-state index is 0.318. The Morgan fingerprint density at radius 3 is 3.06 bits per heavy atom. The summed E-state index contributed by atoms with van der Waals surface area (Å²) in [5.74, 6) is 0.318. The lowest BCUT2D eigenvalue weighted by atomic mass is 10.2. The summed E-state index contributed by atoms with van der Waals surface area (Å²) in [6.45, 7) is 0.754. The highest BCUT2D eigenvalue weighted by atomic mass is 32.2. The van der Waals surface area contributed by atoms with E-state index in [2.05, 4.69) is 10.3 Å². The second-order valence-electron chi connectivity index (χ2n) is 4.05. The van der Waals surface area contributed by atoms with E-state index in [-0.39, 0.29) is 5.25 Å². The molecule has 1 aromatic rings. The quantitative estimate of drug-likeness (QED) is 0.895. The van der Waals surface area contributed by atoms with Gasteiger partial charge in [0.25, 0.3) is 0 Å². The van der Waals surface area contributed by atoms with Crippen LogP contribution >= 0.6 is 11.3 Å². The van der Waals surface area contributed by atoms with Crippen molar-refractivity contribution in [2.24, 2.45) is 0 Å². The summed E-state index contributed by atoms with van der Waals surface area (Å²) >= 11 is 1.51. The Labute approximate surface area is 100 Å². The van der Waals surface area contributed by atoms with Crippen molar-refractivity contribution in [3.05, 3.63) is 16.1 Å². The molecule has 6 heteroatoms. The fraction of sp³-hybridized carbons (Fsp3) is 0.700. The van der Waals surface area contributed by atoms with E-state index in [1.807, 2.05) is 7.05 Å². The van der Waals surface area contributed by atoms with Crippen molar-refractivity contribution < 1.29 is 8.42 Å². The van der Waals surface area contributed by atoms with Gasteiger partial charge in [0.2, 0.25) is 0 Å². The molecule has 1 N–H and O–H groups in total. The fourth-order valence-electron chi connectivity index (χ4n) is 1.96. The summed E-state index contributed by atoms with van der Waals surface area (Å²) in [4.78, 5) is 5.35. The van der Waals surface area contributed by atoms with E-state index in [0.29, 0.717) is 5.75 Å². The molecule has 1 aliphatic rings. The van der Waals surface area contributed by atoms with Crippen LogP contribution in [0.2, 0.25) is 0 Å². The van der Waals surface area contributed by atoms with E-state index < -0.39 is 9.84 Å². The Kier molecular flexibility index (Phi) is 3.61. The van der Waals surface area contributed by atoms with Crippen LogP contribution in [0, 0.1) is 0 Å². The highest BCUT2D eigenvalue weighted by Crippen LogP contribution is 2.35. The molecule has 2 rings (SSSR count). The molecular weight excluding hydrogens is 244 g/mol. The van der Waals surface area contributed by atoms with Crippen molar-refractivity contribution in [3.8, 4) is 0 Å². The van der Waals surface area contributed by atoms with Gasteiger partial charge in [-0.05, 0) is 19.9 Å². The van der Waals surface area contributed by atoms with Crippen LogP contribution in [0.25, 0.3) is 0 Å². The number of nitrogens with zero attached hydrogens (tertiary/aromatic N) is 1. The molecule has 0 bridgehead atoms. The Bertz CT molecular complexity index is 453. The third-order valence-electron chi connectivity index (χ3n) is 2.78. The summed E-state index contributed by atoms with van der Waals surface area (Å²) < 4.78 is 23.8. The van der Waals surface area contributed by atoms with E-state index in [1.54, 1.807) is 6.20 Å². The second kappa shape index (κ2) is 4.81. The highest BCUT2D eigenvalue weighted by molar-refractivity contribution is 7.91. The van der Waals surface area contributed by atoms with Gasteiger partial charge in [0.15, 0.2) is 9.84 Å². The zero-order valence-electron chi connectivity index (χ0n) is 9.27. The molecule has 90 valence electrons. The maximum absolute atomic E-state index is 11.9. The smallest absolute Gasteiger partial charge is 0.159 e. The summed E-state index contributed by atoms with van der Waals surface area (Å²) in [5.41, 5.74) is 0. The van der Waals surface area contributed by atoms with Crippen LogP contribution in [0.15, 0.2) is 6.20 Å². The van der Waals surface area contributed by atoms with Gasteiger partial charge < -0.3 is 5.32 Å². The number of aromatic nitrogens is 1. The van der Waals surface area contributed by atoms with Crippen molar-refractivity contribution >= 4 is 21.2 Å². The zero-order valence-corrected chi connectivity index (χ0v) is 10.9. The van der Waals surface area contributed by atoms with E-state index in [1.165, 1.54) is 11.3 Å². The first-order chi connectivity index (χ1) is 7.63. The van der Waals surface area contributed by atoms with Gasteiger partial charge in [-0.3, -0.25) is 0 Å². The van der Waals surface area contributed by atoms with Crippen LogP contribution in [0.5, 0.6) is 0 Å². The molecule has 0 radical (unpaired) electrons. The zero-order chi connectivity index (χ0) is 11.6. The first kappa shape index (κ1) is 12.0. The minimum Gasteiger partial charge on any atom is -0.315 e. The Hall–Kier alpha value is -0.460. The molecule has 1 aliphatic heterocycles. The predicted octanol–water partition coefficient (Wildman–Crippen LogP) is 1.50. The van der Waals surface area contributed by atoms with Crippen LogP contribution in [-0.2, 0) is 16.4 Å². The molecule has 2 heterocycles. The number of sulfone groups is 1. The van der Waals surface area contributed by atoms with Crippen molar-refractivity contribution in [2.45, 2.75) is 31.1 Å². The van der Waals surface area contributed by atoms with Crippen molar-refractivity contribution in [2.75, 3.05) is 12.8 Å². The standard InChI is InChI=1S/C10H16N2O2S2/c1-11-6-8-7-12-10(15-8)9-4-2-3-5-16(9,13)14/h7,9,11H,2-6H2,1H3. The molecular formula is C10H16N2O2S2. The normalized spacial score (nSPS) is 24.4. The molecule has 0 amide bonds. The maximum atomic E-state index is 11.9. The first-order valence-corrected chi connectivity index (χ1v) is 7.97. The average molecular weight is 260 g/mol. The summed E-state index contributed by atoms with van der Waals surface area (Å²) in [6, 6.07) is 0. The maximum Gasteiger partial charge on any atom is 0.159 e. The Morgan fingerprint density at radius 2 is 2.38 bits per heavy atom. The second-order valence-corrected chi connectivity index (χ2v) is 7.50. The van der Waals surface area contributed by atoms with Crippen LogP contribution in [0.1, 0.15) is 34.4 Å². The summed E-state index contributed by atoms with van der Waals surface area (Å²) in [5, 5.41) is 3.46. The minimum atomic E-state index is -2.95. The summed E-state index contributed by atoms with van der Waals surface area (Å²) in [6.07, 6.45) is 4.30.